The van der Waals surface area contributed by atoms with Gasteiger partial charge in [-0.05, 0) is 43.5 Å². The van der Waals surface area contributed by atoms with Crippen LogP contribution >= 0.6 is 0 Å². The molecule has 20 heavy (non-hydrogen) atoms. The Morgan fingerprint density at radius 2 is 2.10 bits per heavy atom. The molecule has 3 heteroatoms. The first-order valence-corrected chi connectivity index (χ1v) is 7.31. The number of piperidine rings is 1. The largest absolute Gasteiger partial charge is 0.465 e. The summed E-state index contributed by atoms with van der Waals surface area (Å²) in [5.74, 6) is -0.245. The summed E-state index contributed by atoms with van der Waals surface area (Å²) in [4.78, 5) is 14.4. The third-order valence-corrected chi connectivity index (χ3v) is 4.66. The average molecular weight is 271 g/mol. The van der Waals surface area contributed by atoms with E-state index < -0.39 is 0 Å². The summed E-state index contributed by atoms with van der Waals surface area (Å²) in [6.45, 7) is 0. The fourth-order valence-electron chi connectivity index (χ4n) is 3.49. The summed E-state index contributed by atoms with van der Waals surface area (Å²) in [5, 5.41) is 0. The minimum Gasteiger partial charge on any atom is -0.465 e. The van der Waals surface area contributed by atoms with Crippen molar-refractivity contribution < 1.29 is 9.53 Å². The molecule has 0 amide bonds. The average Bonchev–Trinajstić information content (AvgIpc) is 2.46. The number of hydrogen-bond donors (Lipinski definition) is 0. The molecule has 0 aromatic heterocycles. The van der Waals surface area contributed by atoms with E-state index in [1.165, 1.54) is 31.9 Å². The number of ether oxygens (including phenoxy) is 1. The first-order chi connectivity index (χ1) is 9.70. The van der Waals surface area contributed by atoms with Crippen LogP contribution in [0.5, 0.6) is 0 Å². The monoisotopic (exact) mass is 271 g/mol. The van der Waals surface area contributed by atoms with Crippen molar-refractivity contribution in [3.63, 3.8) is 0 Å². The van der Waals surface area contributed by atoms with Crippen molar-refractivity contribution in [1.29, 1.82) is 0 Å². The number of carbonyl (C=O) groups is 1. The van der Waals surface area contributed by atoms with E-state index in [1.54, 1.807) is 0 Å². The van der Waals surface area contributed by atoms with Crippen molar-refractivity contribution in [1.82, 2.24) is 4.90 Å². The summed E-state index contributed by atoms with van der Waals surface area (Å²) in [5.41, 5.74) is 3.03. The maximum absolute atomic E-state index is 11.9. The van der Waals surface area contributed by atoms with E-state index in [4.69, 9.17) is 4.74 Å². The molecule has 0 aliphatic carbocycles. The van der Waals surface area contributed by atoms with Gasteiger partial charge in [0.15, 0.2) is 0 Å². The minimum atomic E-state index is -0.245. The van der Waals surface area contributed by atoms with Crippen molar-refractivity contribution in [2.45, 2.75) is 37.8 Å². The molecule has 2 aliphatic rings. The first kappa shape index (κ1) is 13.4. The van der Waals surface area contributed by atoms with E-state index >= 15 is 0 Å². The highest BCUT2D eigenvalue weighted by Crippen LogP contribution is 2.37. The molecule has 2 bridgehead atoms. The normalized spacial score (nSPS) is 26.0. The van der Waals surface area contributed by atoms with Crippen LogP contribution in [0.3, 0.4) is 0 Å². The number of methoxy groups -OCH3 is 1. The Morgan fingerprint density at radius 1 is 1.30 bits per heavy atom. The summed E-state index contributed by atoms with van der Waals surface area (Å²) in [7, 11) is 3.66. The third kappa shape index (κ3) is 2.27. The summed E-state index contributed by atoms with van der Waals surface area (Å²) >= 11 is 0. The Kier molecular flexibility index (Phi) is 3.62. The number of esters is 1. The van der Waals surface area contributed by atoms with Gasteiger partial charge in [-0.1, -0.05) is 30.7 Å². The van der Waals surface area contributed by atoms with Crippen LogP contribution in [0.15, 0.2) is 30.3 Å². The van der Waals surface area contributed by atoms with Crippen LogP contribution in [0.25, 0.3) is 5.57 Å². The van der Waals surface area contributed by atoms with Crippen molar-refractivity contribution in [2.75, 3.05) is 14.2 Å². The van der Waals surface area contributed by atoms with Crippen LogP contribution in [-0.2, 0) is 4.74 Å². The molecule has 3 nitrogen and oxygen atoms in total. The van der Waals surface area contributed by atoms with E-state index in [0.29, 0.717) is 17.6 Å². The quantitative estimate of drug-likeness (QED) is 0.774. The van der Waals surface area contributed by atoms with Gasteiger partial charge in [-0.15, -0.1) is 0 Å². The van der Waals surface area contributed by atoms with Crippen molar-refractivity contribution in [3.05, 3.63) is 41.5 Å². The second-order valence-corrected chi connectivity index (χ2v) is 5.75. The fraction of sp³-hybridized carbons (Fsp3) is 0.471. The predicted molar refractivity (Wildman–Crippen MR) is 79.6 cm³/mol. The Bertz CT molecular complexity index is 550. The maximum atomic E-state index is 11.9. The molecule has 1 aromatic rings. The van der Waals surface area contributed by atoms with E-state index in [1.807, 2.05) is 24.3 Å². The van der Waals surface area contributed by atoms with Gasteiger partial charge in [0.2, 0.25) is 0 Å². The van der Waals surface area contributed by atoms with Gasteiger partial charge in [-0.25, -0.2) is 4.79 Å². The van der Waals surface area contributed by atoms with Crippen LogP contribution in [0.2, 0.25) is 0 Å². The van der Waals surface area contributed by atoms with E-state index in [9.17, 15) is 4.79 Å². The second-order valence-electron chi connectivity index (χ2n) is 5.75. The zero-order valence-corrected chi connectivity index (χ0v) is 12.1. The van der Waals surface area contributed by atoms with Gasteiger partial charge in [-0.3, -0.25) is 4.90 Å². The van der Waals surface area contributed by atoms with Gasteiger partial charge in [0.25, 0.3) is 0 Å². The van der Waals surface area contributed by atoms with Crippen molar-refractivity contribution >= 4 is 11.5 Å². The fourth-order valence-corrected chi connectivity index (χ4v) is 3.49. The summed E-state index contributed by atoms with van der Waals surface area (Å²) in [6, 6.07) is 8.92. The van der Waals surface area contributed by atoms with E-state index in [2.05, 4.69) is 18.0 Å². The Hall–Kier alpha value is -1.61. The molecule has 2 aliphatic heterocycles. The van der Waals surface area contributed by atoms with Gasteiger partial charge in [0.1, 0.15) is 0 Å². The molecule has 0 spiro atoms. The highest BCUT2D eigenvalue weighted by molar-refractivity contribution is 5.95. The molecule has 1 aromatic carbocycles. The zero-order valence-electron chi connectivity index (χ0n) is 12.1. The SMILES string of the molecule is COC(=O)c1ccccc1C1=CC2CCCC(C1)N2C. The standard InChI is InChI=1S/C17H21NO2/c1-18-13-6-5-7-14(18)11-12(10-13)15-8-3-4-9-16(15)17(19)20-2/h3-4,8-10,13-14H,5-7,11H2,1-2H3. The maximum Gasteiger partial charge on any atom is 0.338 e. The topological polar surface area (TPSA) is 29.5 Å². The van der Waals surface area contributed by atoms with Crippen LogP contribution < -0.4 is 0 Å². The van der Waals surface area contributed by atoms with Crippen LogP contribution in [0.4, 0.5) is 0 Å². The lowest BCUT2D eigenvalue weighted by atomic mass is 9.82. The van der Waals surface area contributed by atoms with Crippen LogP contribution in [0, 0.1) is 0 Å². The van der Waals surface area contributed by atoms with Crippen LogP contribution in [0.1, 0.15) is 41.6 Å². The predicted octanol–water partition coefficient (Wildman–Crippen LogP) is 3.11. The molecular weight excluding hydrogens is 250 g/mol. The Labute approximate surface area is 120 Å². The highest BCUT2D eigenvalue weighted by Gasteiger charge is 2.32. The number of benzene rings is 1. The first-order valence-electron chi connectivity index (χ1n) is 7.31. The van der Waals surface area contributed by atoms with Gasteiger partial charge in [0.05, 0.1) is 12.7 Å². The molecule has 0 N–H and O–H groups in total. The molecule has 1 fully saturated rings. The molecule has 1 saturated heterocycles. The van der Waals surface area contributed by atoms with Gasteiger partial charge in [0, 0.05) is 12.1 Å². The minimum absolute atomic E-state index is 0.245. The van der Waals surface area contributed by atoms with Crippen molar-refractivity contribution in [3.8, 4) is 0 Å². The molecule has 3 rings (SSSR count). The zero-order chi connectivity index (χ0) is 14.1. The molecular formula is C17H21NO2. The molecule has 2 unspecified atom stereocenters. The van der Waals surface area contributed by atoms with E-state index in [0.717, 1.165) is 12.0 Å². The number of likely N-dealkylation sites (N-methyl/N-ethyl adjacent to an activating group) is 1. The number of nitrogens with zero attached hydrogens (tertiary/aromatic N) is 1. The number of rotatable bonds is 2. The Morgan fingerprint density at radius 3 is 2.85 bits per heavy atom. The van der Waals surface area contributed by atoms with Crippen molar-refractivity contribution in [2.24, 2.45) is 0 Å². The summed E-state index contributed by atoms with van der Waals surface area (Å²) in [6.07, 6.45) is 7.15. The molecule has 2 heterocycles. The second kappa shape index (κ2) is 5.41. The lowest BCUT2D eigenvalue weighted by Crippen LogP contribution is -2.45. The molecule has 106 valence electrons. The summed E-state index contributed by atoms with van der Waals surface area (Å²) < 4.78 is 4.91. The number of fused-ring (bicyclic) bond motifs is 2. The third-order valence-electron chi connectivity index (χ3n) is 4.66. The lowest BCUT2D eigenvalue weighted by molar-refractivity contribution is 0.0600. The van der Waals surface area contributed by atoms with Gasteiger partial charge in [-0.2, -0.15) is 0 Å². The van der Waals surface area contributed by atoms with E-state index in [-0.39, 0.29) is 5.97 Å². The molecule has 0 saturated carbocycles. The molecule has 0 radical (unpaired) electrons. The Balaban J connectivity index is 2.00. The van der Waals surface area contributed by atoms with Gasteiger partial charge >= 0.3 is 5.97 Å². The number of hydrogen-bond acceptors (Lipinski definition) is 3. The van der Waals surface area contributed by atoms with Gasteiger partial charge < -0.3 is 4.74 Å². The molecule has 2 atom stereocenters. The highest BCUT2D eigenvalue weighted by atomic mass is 16.5. The number of carbonyl (C=O) groups excluding carboxylic acids is 1. The van der Waals surface area contributed by atoms with Crippen LogP contribution in [-0.4, -0.2) is 37.1 Å². The lowest BCUT2D eigenvalue weighted by Gasteiger charge is -2.43. The smallest absolute Gasteiger partial charge is 0.338 e.